The lowest BCUT2D eigenvalue weighted by Crippen LogP contribution is -2.51. The molecule has 0 aromatic carbocycles. The van der Waals surface area contributed by atoms with Crippen LogP contribution in [0, 0.1) is 0 Å². The van der Waals surface area contributed by atoms with Crippen LogP contribution in [0.15, 0.2) is 0 Å². The van der Waals surface area contributed by atoms with Crippen LogP contribution in [0.5, 0.6) is 0 Å². The van der Waals surface area contributed by atoms with E-state index in [2.05, 4.69) is 5.32 Å². The molecule has 0 aromatic rings. The summed E-state index contributed by atoms with van der Waals surface area (Å²) in [5.41, 5.74) is -0.381. The van der Waals surface area contributed by atoms with Crippen molar-refractivity contribution in [2.45, 2.75) is 70.3 Å². The molecule has 102 valence electrons. The average Bonchev–Trinajstić information content (AvgIpc) is 2.76. The highest BCUT2D eigenvalue weighted by molar-refractivity contribution is 4.84. The van der Waals surface area contributed by atoms with Crippen LogP contribution in [0.4, 0.5) is 0 Å². The molecule has 0 saturated heterocycles. The van der Waals surface area contributed by atoms with Crippen LogP contribution in [0.25, 0.3) is 0 Å². The van der Waals surface area contributed by atoms with Gasteiger partial charge in [-0.25, -0.2) is 0 Å². The molecule has 4 heteroatoms. The first-order chi connectivity index (χ1) is 7.92. The summed E-state index contributed by atoms with van der Waals surface area (Å²) in [6.45, 7) is 6.41. The Labute approximate surface area is 104 Å². The number of ether oxygens (including phenoxy) is 1. The van der Waals surface area contributed by atoms with Gasteiger partial charge in [0.15, 0.2) is 0 Å². The standard InChI is InChI=1S/C13H27NO3/c1-10(15)13(2,3)14-8-11(16)9-17-12-6-4-5-7-12/h10-12,14-16H,4-9H2,1-3H3. The molecule has 2 atom stereocenters. The van der Waals surface area contributed by atoms with Gasteiger partial charge in [0.05, 0.1) is 24.9 Å². The second kappa shape index (κ2) is 6.69. The predicted octanol–water partition coefficient (Wildman–Crippen LogP) is 1.06. The molecule has 0 amide bonds. The summed E-state index contributed by atoms with van der Waals surface area (Å²) >= 11 is 0. The Morgan fingerprint density at radius 2 is 1.88 bits per heavy atom. The van der Waals surface area contributed by atoms with Crippen molar-refractivity contribution >= 4 is 0 Å². The summed E-state index contributed by atoms with van der Waals surface area (Å²) in [7, 11) is 0. The fraction of sp³-hybridized carbons (Fsp3) is 1.00. The first-order valence-electron chi connectivity index (χ1n) is 6.64. The fourth-order valence-corrected chi connectivity index (χ4v) is 1.89. The van der Waals surface area contributed by atoms with Crippen molar-refractivity contribution in [1.29, 1.82) is 0 Å². The van der Waals surface area contributed by atoms with E-state index < -0.39 is 12.2 Å². The Balaban J connectivity index is 2.14. The summed E-state index contributed by atoms with van der Waals surface area (Å²) < 4.78 is 5.64. The minimum absolute atomic E-state index is 0.342. The van der Waals surface area contributed by atoms with E-state index in [1.54, 1.807) is 6.92 Å². The van der Waals surface area contributed by atoms with Crippen LogP contribution in [-0.4, -0.2) is 47.2 Å². The topological polar surface area (TPSA) is 61.7 Å². The fourth-order valence-electron chi connectivity index (χ4n) is 1.89. The highest BCUT2D eigenvalue weighted by atomic mass is 16.5. The predicted molar refractivity (Wildman–Crippen MR) is 68.0 cm³/mol. The summed E-state index contributed by atoms with van der Waals surface area (Å²) in [5, 5.41) is 22.5. The van der Waals surface area contributed by atoms with Crippen LogP contribution in [-0.2, 0) is 4.74 Å². The maximum absolute atomic E-state index is 9.79. The molecule has 1 fully saturated rings. The van der Waals surface area contributed by atoms with Crippen molar-refractivity contribution in [2.75, 3.05) is 13.2 Å². The van der Waals surface area contributed by atoms with E-state index in [1.165, 1.54) is 12.8 Å². The van der Waals surface area contributed by atoms with Crippen molar-refractivity contribution in [2.24, 2.45) is 0 Å². The van der Waals surface area contributed by atoms with Gasteiger partial charge >= 0.3 is 0 Å². The molecule has 0 aromatic heterocycles. The largest absolute Gasteiger partial charge is 0.392 e. The molecule has 17 heavy (non-hydrogen) atoms. The van der Waals surface area contributed by atoms with Gasteiger partial charge in [-0.1, -0.05) is 12.8 Å². The first kappa shape index (κ1) is 14.9. The van der Waals surface area contributed by atoms with Crippen LogP contribution >= 0.6 is 0 Å². The zero-order chi connectivity index (χ0) is 12.9. The lowest BCUT2D eigenvalue weighted by molar-refractivity contribution is -0.0110. The molecular formula is C13H27NO3. The van der Waals surface area contributed by atoms with Gasteiger partial charge in [0, 0.05) is 12.1 Å². The van der Waals surface area contributed by atoms with Crippen molar-refractivity contribution in [3.05, 3.63) is 0 Å². The number of hydrogen-bond acceptors (Lipinski definition) is 4. The maximum atomic E-state index is 9.79. The highest BCUT2D eigenvalue weighted by Crippen LogP contribution is 2.20. The second-order valence-electron chi connectivity index (χ2n) is 5.67. The van der Waals surface area contributed by atoms with Gasteiger partial charge in [0.25, 0.3) is 0 Å². The smallest absolute Gasteiger partial charge is 0.0898 e. The van der Waals surface area contributed by atoms with Crippen LogP contribution in [0.2, 0.25) is 0 Å². The molecular weight excluding hydrogens is 218 g/mol. The van der Waals surface area contributed by atoms with Gasteiger partial charge in [-0.15, -0.1) is 0 Å². The Kier molecular flexibility index (Phi) is 5.86. The molecule has 3 N–H and O–H groups in total. The Hall–Kier alpha value is -0.160. The first-order valence-corrected chi connectivity index (χ1v) is 6.64. The number of aliphatic hydroxyl groups excluding tert-OH is 2. The number of rotatable bonds is 7. The van der Waals surface area contributed by atoms with Crippen molar-refractivity contribution < 1.29 is 14.9 Å². The molecule has 1 aliphatic rings. The third-order valence-corrected chi connectivity index (χ3v) is 3.66. The number of nitrogens with one attached hydrogen (secondary N) is 1. The Morgan fingerprint density at radius 1 is 1.29 bits per heavy atom. The van der Waals surface area contributed by atoms with E-state index in [0.717, 1.165) is 12.8 Å². The van der Waals surface area contributed by atoms with Gasteiger partial charge in [-0.05, 0) is 33.6 Å². The molecule has 2 unspecified atom stereocenters. The van der Waals surface area contributed by atoms with Crippen LogP contribution < -0.4 is 5.32 Å². The minimum atomic E-state index is -0.506. The van der Waals surface area contributed by atoms with Crippen molar-refractivity contribution in [3.8, 4) is 0 Å². The lowest BCUT2D eigenvalue weighted by atomic mass is 9.99. The van der Waals surface area contributed by atoms with E-state index in [4.69, 9.17) is 4.74 Å². The van der Waals surface area contributed by atoms with E-state index in [9.17, 15) is 10.2 Å². The summed E-state index contributed by atoms with van der Waals surface area (Å²) in [5.74, 6) is 0. The summed E-state index contributed by atoms with van der Waals surface area (Å²) in [6.07, 6.45) is 4.12. The number of aliphatic hydroxyl groups is 2. The average molecular weight is 245 g/mol. The molecule has 4 nitrogen and oxygen atoms in total. The normalized spacial score (nSPS) is 21.7. The molecule has 1 aliphatic carbocycles. The molecule has 0 aliphatic heterocycles. The summed E-state index contributed by atoms with van der Waals surface area (Å²) in [6, 6.07) is 0. The Bertz CT molecular complexity index is 213. The second-order valence-corrected chi connectivity index (χ2v) is 5.67. The molecule has 0 bridgehead atoms. The van der Waals surface area contributed by atoms with Gasteiger partial charge < -0.3 is 20.3 Å². The molecule has 0 heterocycles. The van der Waals surface area contributed by atoms with E-state index in [1.807, 2.05) is 13.8 Å². The Morgan fingerprint density at radius 3 is 2.41 bits per heavy atom. The van der Waals surface area contributed by atoms with E-state index >= 15 is 0 Å². The highest BCUT2D eigenvalue weighted by Gasteiger charge is 2.24. The molecule has 1 saturated carbocycles. The van der Waals surface area contributed by atoms with Crippen LogP contribution in [0.3, 0.4) is 0 Å². The monoisotopic (exact) mass is 245 g/mol. The van der Waals surface area contributed by atoms with Gasteiger partial charge in [0.1, 0.15) is 0 Å². The van der Waals surface area contributed by atoms with Crippen LogP contribution in [0.1, 0.15) is 46.5 Å². The summed E-state index contributed by atoms with van der Waals surface area (Å²) in [4.78, 5) is 0. The third-order valence-electron chi connectivity index (χ3n) is 3.66. The van der Waals surface area contributed by atoms with Gasteiger partial charge in [0.2, 0.25) is 0 Å². The van der Waals surface area contributed by atoms with E-state index in [-0.39, 0.29) is 5.54 Å². The quantitative estimate of drug-likeness (QED) is 0.627. The zero-order valence-electron chi connectivity index (χ0n) is 11.3. The van der Waals surface area contributed by atoms with Gasteiger partial charge in [-0.3, -0.25) is 0 Å². The minimum Gasteiger partial charge on any atom is -0.392 e. The third kappa shape index (κ3) is 5.34. The zero-order valence-corrected chi connectivity index (χ0v) is 11.3. The van der Waals surface area contributed by atoms with Crippen molar-refractivity contribution in [1.82, 2.24) is 5.32 Å². The molecule has 1 rings (SSSR count). The molecule has 0 radical (unpaired) electrons. The molecule has 0 spiro atoms. The van der Waals surface area contributed by atoms with E-state index in [0.29, 0.717) is 19.3 Å². The lowest BCUT2D eigenvalue weighted by Gasteiger charge is -2.30. The van der Waals surface area contributed by atoms with Crippen molar-refractivity contribution in [3.63, 3.8) is 0 Å². The SMILES string of the molecule is CC(O)C(C)(C)NCC(O)COC1CCCC1. The number of β-amino-alcohol motifs (C(OH)–C–C–N with tert-alkyl or cyclic N) is 1. The maximum Gasteiger partial charge on any atom is 0.0898 e. The number of hydrogen-bond donors (Lipinski definition) is 3. The van der Waals surface area contributed by atoms with Gasteiger partial charge in [-0.2, -0.15) is 0 Å².